The molecule has 238 valence electrons. The summed E-state index contributed by atoms with van der Waals surface area (Å²) in [6, 6.07) is -0.463. The van der Waals surface area contributed by atoms with Gasteiger partial charge in [-0.15, -0.1) is 0 Å². The highest BCUT2D eigenvalue weighted by molar-refractivity contribution is 8.13. The second-order valence-electron chi connectivity index (χ2n) is 11.9. The zero-order valence-corrected chi connectivity index (χ0v) is 26.7. The normalized spacial score (nSPS) is 12.9. The Kier molecular flexibility index (Phi) is 18.0. The van der Waals surface area contributed by atoms with Gasteiger partial charge in [-0.3, -0.25) is 24.0 Å². The minimum Gasteiger partial charge on any atom is -0.481 e. The van der Waals surface area contributed by atoms with Gasteiger partial charge in [-0.2, -0.15) is 0 Å². The maximum atomic E-state index is 12.7. The first-order valence-corrected chi connectivity index (χ1v) is 15.1. The van der Waals surface area contributed by atoms with Crippen LogP contribution < -0.4 is 21.7 Å². The van der Waals surface area contributed by atoms with Crippen LogP contribution in [0.2, 0.25) is 0 Å². The lowest BCUT2D eigenvalue weighted by atomic mass is 9.74. The number of thioether (sulfide) groups is 1. The van der Waals surface area contributed by atoms with E-state index in [1.54, 1.807) is 41.5 Å². The van der Waals surface area contributed by atoms with Gasteiger partial charge in [0.2, 0.25) is 22.8 Å². The van der Waals surface area contributed by atoms with E-state index in [1.807, 2.05) is 6.92 Å². The van der Waals surface area contributed by atoms with E-state index < -0.39 is 28.3 Å². The number of hydrogen-bond donors (Lipinski definition) is 5. The van der Waals surface area contributed by atoms with Gasteiger partial charge in [0.25, 0.3) is 0 Å². The highest BCUT2D eigenvalue weighted by Gasteiger charge is 2.39. The average molecular weight is 605 g/mol. The monoisotopic (exact) mass is 604 g/mol. The van der Waals surface area contributed by atoms with E-state index >= 15 is 0 Å². The van der Waals surface area contributed by atoms with Gasteiger partial charge in [-0.1, -0.05) is 32.5 Å². The van der Waals surface area contributed by atoms with E-state index in [1.165, 1.54) is 11.8 Å². The third-order valence-electron chi connectivity index (χ3n) is 6.37. The van der Waals surface area contributed by atoms with Gasteiger partial charge in [0.15, 0.2) is 0 Å². The second kappa shape index (κ2) is 19.1. The van der Waals surface area contributed by atoms with Crippen LogP contribution in [0.25, 0.3) is 0 Å². The Bertz CT molecular complexity index is 864. The fourth-order valence-corrected chi connectivity index (χ4v) is 4.49. The van der Waals surface area contributed by atoms with Crippen molar-refractivity contribution in [2.75, 3.05) is 51.8 Å². The van der Waals surface area contributed by atoms with Gasteiger partial charge in [0, 0.05) is 25.0 Å². The van der Waals surface area contributed by atoms with Crippen molar-refractivity contribution in [3.8, 4) is 0 Å². The van der Waals surface area contributed by atoms with Crippen LogP contribution in [0.4, 0.5) is 0 Å². The molecule has 0 fully saturated rings. The Hall–Kier alpha value is -2.22. The van der Waals surface area contributed by atoms with Crippen LogP contribution in [0.5, 0.6) is 0 Å². The van der Waals surface area contributed by atoms with Gasteiger partial charge in [0.05, 0.1) is 36.7 Å². The maximum absolute atomic E-state index is 12.7. The largest absolute Gasteiger partial charge is 0.481 e. The van der Waals surface area contributed by atoms with E-state index in [2.05, 4.69) is 16.0 Å². The first-order valence-electron chi connectivity index (χ1n) is 14.1. The molecule has 13 heteroatoms. The summed E-state index contributed by atoms with van der Waals surface area (Å²) < 4.78 is 10.7. The van der Waals surface area contributed by atoms with Crippen LogP contribution in [-0.4, -0.2) is 91.8 Å². The highest BCUT2D eigenvalue weighted by atomic mass is 32.2. The predicted octanol–water partition coefficient (Wildman–Crippen LogP) is 1.70. The lowest BCUT2D eigenvalue weighted by molar-refractivity contribution is -0.150. The number of ether oxygens (including phenoxy) is 2. The molecule has 6 N–H and O–H groups in total. The number of rotatable bonds is 22. The van der Waals surface area contributed by atoms with Gasteiger partial charge in [0.1, 0.15) is 6.61 Å². The van der Waals surface area contributed by atoms with E-state index in [-0.39, 0.29) is 68.8 Å². The van der Waals surface area contributed by atoms with Crippen LogP contribution in [0, 0.1) is 16.2 Å². The van der Waals surface area contributed by atoms with Crippen molar-refractivity contribution in [2.45, 2.75) is 80.2 Å². The van der Waals surface area contributed by atoms with Crippen LogP contribution >= 0.6 is 11.8 Å². The van der Waals surface area contributed by atoms with Crippen LogP contribution in [0.1, 0.15) is 74.1 Å². The molecule has 0 aliphatic heterocycles. The van der Waals surface area contributed by atoms with Crippen molar-refractivity contribution in [1.29, 1.82) is 0 Å². The zero-order chi connectivity index (χ0) is 31.7. The molecule has 0 aliphatic carbocycles. The molecule has 0 aliphatic rings. The summed E-state index contributed by atoms with van der Waals surface area (Å²) in [5.41, 5.74) is 2.96. The number of carbonyl (C=O) groups excluding carboxylic acids is 4. The summed E-state index contributed by atoms with van der Waals surface area (Å²) in [6.07, 6.45) is 2.22. The Morgan fingerprint density at radius 3 is 2.02 bits per heavy atom. The molecule has 0 saturated heterocycles. The first kappa shape index (κ1) is 38.8. The molecule has 0 bridgehead atoms. The molecular formula is C28H52N4O8S. The minimum atomic E-state index is -1.06. The number of carbonyl (C=O) groups is 5. The predicted molar refractivity (Wildman–Crippen MR) is 159 cm³/mol. The molecule has 0 aromatic rings. The number of carboxylic acids is 1. The summed E-state index contributed by atoms with van der Waals surface area (Å²) in [6.45, 7) is 13.3. The smallest absolute Gasteiger partial charge is 0.309 e. The summed E-state index contributed by atoms with van der Waals surface area (Å²) in [5, 5.41) is 17.7. The fourth-order valence-electron chi connectivity index (χ4n) is 3.88. The number of amides is 3. The van der Waals surface area contributed by atoms with Crippen LogP contribution in [0.3, 0.4) is 0 Å². The lowest BCUT2D eigenvalue weighted by Gasteiger charge is -2.32. The molecule has 41 heavy (non-hydrogen) atoms. The topological polar surface area (TPSA) is 186 Å². The van der Waals surface area contributed by atoms with Crippen molar-refractivity contribution >= 4 is 40.6 Å². The van der Waals surface area contributed by atoms with E-state index in [0.29, 0.717) is 18.7 Å². The van der Waals surface area contributed by atoms with E-state index in [9.17, 15) is 29.1 Å². The van der Waals surface area contributed by atoms with Crippen molar-refractivity contribution in [3.63, 3.8) is 0 Å². The molecule has 0 aromatic heterocycles. The number of nitrogens with two attached hydrogens (primary N) is 1. The molecule has 0 radical (unpaired) electrons. The van der Waals surface area contributed by atoms with Crippen molar-refractivity contribution < 1.29 is 38.6 Å². The SMILES string of the molecule is CCSC(=O)[C@@H](N)CCCCNC(=O)COCCOCCNC(=O)C(C)(C)CNC(=O)C(C)(C)CC(C)(C)C(=O)O. The van der Waals surface area contributed by atoms with Gasteiger partial charge >= 0.3 is 5.97 Å². The van der Waals surface area contributed by atoms with Crippen LogP contribution in [-0.2, 0) is 33.4 Å². The average Bonchev–Trinajstić information content (AvgIpc) is 2.87. The summed E-state index contributed by atoms with van der Waals surface area (Å²) >= 11 is 1.23. The maximum Gasteiger partial charge on any atom is 0.309 e. The molecule has 0 heterocycles. The van der Waals surface area contributed by atoms with E-state index in [4.69, 9.17) is 15.2 Å². The molecule has 12 nitrogen and oxygen atoms in total. The van der Waals surface area contributed by atoms with E-state index in [0.717, 1.165) is 12.8 Å². The second-order valence-corrected chi connectivity index (χ2v) is 13.2. The van der Waals surface area contributed by atoms with Crippen molar-refractivity contribution in [3.05, 3.63) is 0 Å². The summed E-state index contributed by atoms with van der Waals surface area (Å²) in [7, 11) is 0. The van der Waals surface area contributed by atoms with Crippen molar-refractivity contribution in [1.82, 2.24) is 16.0 Å². The summed E-state index contributed by atoms with van der Waals surface area (Å²) in [4.78, 5) is 60.2. The number of carboxylic acid groups (broad SMARTS) is 1. The number of nitrogens with one attached hydrogen (secondary N) is 3. The molecule has 0 rings (SSSR count). The van der Waals surface area contributed by atoms with Gasteiger partial charge in [-0.05, 0) is 59.1 Å². The van der Waals surface area contributed by atoms with Gasteiger partial charge < -0.3 is 36.3 Å². The standard InChI is InChI=1S/C28H52N4O8S/c1-8-41-22(34)20(29)11-9-10-12-30-21(33)17-40-16-15-39-14-13-31-24(36)28(6,7)19-32-23(35)26(2,3)18-27(4,5)25(37)38/h20H,8-19,29H2,1-7H3,(H,30,33)(H,31,36)(H,32,35)(H,37,38)/t20-/m0/s1. The molecular weight excluding hydrogens is 552 g/mol. The Balaban J connectivity index is 4.01. The Morgan fingerprint density at radius 1 is 0.805 bits per heavy atom. The molecule has 3 amide bonds. The third kappa shape index (κ3) is 16.7. The highest BCUT2D eigenvalue weighted by Crippen LogP contribution is 2.34. The molecule has 0 unspecified atom stereocenters. The Morgan fingerprint density at radius 2 is 1.41 bits per heavy atom. The first-order chi connectivity index (χ1) is 19.0. The molecule has 0 saturated carbocycles. The number of aliphatic carboxylic acids is 1. The molecule has 0 spiro atoms. The minimum absolute atomic E-state index is 0.000164. The van der Waals surface area contributed by atoms with Crippen molar-refractivity contribution in [2.24, 2.45) is 22.0 Å². The zero-order valence-electron chi connectivity index (χ0n) is 25.9. The summed E-state index contributed by atoms with van der Waals surface area (Å²) in [5.74, 6) is -1.07. The number of hydrogen-bond acceptors (Lipinski definition) is 9. The quantitative estimate of drug-likeness (QED) is 0.114. The lowest BCUT2D eigenvalue weighted by Crippen LogP contribution is -2.49. The Labute approximate surface area is 249 Å². The third-order valence-corrected chi connectivity index (χ3v) is 7.25. The van der Waals surface area contributed by atoms with Gasteiger partial charge in [-0.25, -0.2) is 0 Å². The molecule has 0 aromatic carbocycles. The molecule has 1 atom stereocenters. The van der Waals surface area contributed by atoms with Crippen LogP contribution in [0.15, 0.2) is 0 Å². The fraction of sp³-hybridized carbons (Fsp3) is 0.821. The number of unbranched alkanes of at least 4 members (excludes halogenated alkanes) is 1.